The Balaban J connectivity index is 0.000000160. The fourth-order valence-corrected chi connectivity index (χ4v) is 10.0. The van der Waals surface area contributed by atoms with E-state index in [1.54, 1.807) is 69.3 Å². The molecule has 7 heterocycles. The third kappa shape index (κ3) is 16.3. The lowest BCUT2D eigenvalue weighted by molar-refractivity contribution is -0.148. The van der Waals surface area contributed by atoms with Gasteiger partial charge in [-0.2, -0.15) is 0 Å². The van der Waals surface area contributed by atoms with Crippen LogP contribution in [0, 0.1) is 6.92 Å². The molecule has 0 radical (unpaired) electrons. The Hall–Kier alpha value is -6.87. The van der Waals surface area contributed by atoms with Crippen LogP contribution in [-0.4, -0.2) is 69.6 Å². The number of hydrogen-bond acceptors (Lipinski definition) is 13. The molecule has 3 amide bonds. The Morgan fingerprint density at radius 3 is 1.57 bits per heavy atom. The maximum Gasteiger partial charge on any atom is 0.312 e. The highest BCUT2D eigenvalue weighted by Gasteiger charge is 2.23. The average Bonchev–Trinajstić information content (AvgIpc) is 3.65. The highest BCUT2D eigenvalue weighted by atomic mass is 79.9. The summed E-state index contributed by atoms with van der Waals surface area (Å²) in [5.41, 5.74) is 11.6. The molecule has 0 fully saturated rings. The third-order valence-corrected chi connectivity index (χ3v) is 14.4. The number of anilines is 3. The van der Waals surface area contributed by atoms with Crippen molar-refractivity contribution in [3.05, 3.63) is 155 Å². The van der Waals surface area contributed by atoms with Crippen molar-refractivity contribution >= 4 is 102 Å². The number of nitrogens with zero attached hydrogens (tertiary/aromatic N) is 8. The maximum atomic E-state index is 12.7. The van der Waals surface area contributed by atoms with E-state index in [-0.39, 0.29) is 36.5 Å². The fourth-order valence-electron chi connectivity index (χ4n) is 8.59. The molecule has 0 spiro atoms. The van der Waals surface area contributed by atoms with Gasteiger partial charge in [0.2, 0.25) is 17.7 Å². The van der Waals surface area contributed by atoms with Crippen LogP contribution >= 0.6 is 55.1 Å². The third-order valence-electron chi connectivity index (χ3n) is 12.6. The van der Waals surface area contributed by atoms with E-state index in [1.165, 1.54) is 21.4 Å². The van der Waals surface area contributed by atoms with Gasteiger partial charge in [0.15, 0.2) is 4.60 Å². The van der Waals surface area contributed by atoms with Gasteiger partial charge in [-0.25, -0.2) is 9.97 Å². The molecule has 2 atom stereocenters. The summed E-state index contributed by atoms with van der Waals surface area (Å²) < 4.78 is 15.6. The summed E-state index contributed by atoms with van der Waals surface area (Å²) in [5, 5.41) is 25.3. The Kier molecular flexibility index (Phi) is 20.6. The van der Waals surface area contributed by atoms with Gasteiger partial charge in [-0.15, -0.1) is 10.2 Å². The molecule has 3 N–H and O–H groups in total. The summed E-state index contributed by atoms with van der Waals surface area (Å²) in [5.74, 6) is -0.509. The van der Waals surface area contributed by atoms with Crippen molar-refractivity contribution in [3.63, 3.8) is 0 Å². The highest BCUT2D eigenvalue weighted by Crippen LogP contribution is 2.31. The minimum atomic E-state index is -0.533. The number of esters is 2. The van der Waals surface area contributed by atoms with E-state index in [0.29, 0.717) is 62.4 Å². The van der Waals surface area contributed by atoms with Gasteiger partial charge in [0, 0.05) is 84.0 Å². The first-order valence-corrected chi connectivity index (χ1v) is 27.2. The minimum absolute atomic E-state index is 0.00880. The van der Waals surface area contributed by atoms with Crippen LogP contribution in [0.25, 0.3) is 11.3 Å². The average molecular weight is 1210 g/mol. The summed E-state index contributed by atoms with van der Waals surface area (Å²) in [6.07, 6.45) is 9.50. The quantitative estimate of drug-likeness (QED) is 0.0904. The molecule has 3 aliphatic rings. The van der Waals surface area contributed by atoms with Crippen LogP contribution in [0.2, 0.25) is 10.3 Å². The number of aromatic nitrogens is 8. The Morgan fingerprint density at radius 2 is 1.06 bits per heavy atom. The standard InChI is InChI=1S/C22H22ClN5O3.C12H12BrClN4O2.C11H13NO.C10H10BrNO/c1-13(16-6-4-10-24-22(16)23)31-20(30)12-18-21(26-27-28(18)2)15-8-9-17-14(11-15)5-3-7-19(29)25-17;1-7(8-4-3-5-15-12(8)14)20-10(19)6-9-11(13)16-17-18(9)2;1-8-5-6-10-9(7-8)3-2-4-11(13)12-10;11-8-4-5-9-7(6-8)2-1-3-10(13)12-9/h4,6,8-11,13H,3,5,7,12H2,1-2H3,(H,25,29);3-5,7H,6H2,1-2H3;5-7H,2-4H2,1H3,(H,12,13);4-6H,1-3H2,(H,12,13)/t13-;7-;;/m11../s1. The molecular formula is C55H57Br2Cl2N11O7. The molecule has 0 aliphatic carbocycles. The van der Waals surface area contributed by atoms with Crippen LogP contribution in [0.15, 0.2) is 100 Å². The Labute approximate surface area is 472 Å². The number of pyridine rings is 2. The predicted molar refractivity (Wildman–Crippen MR) is 300 cm³/mol. The van der Waals surface area contributed by atoms with Crippen molar-refractivity contribution in [3.8, 4) is 11.3 Å². The predicted octanol–water partition coefficient (Wildman–Crippen LogP) is 11.1. The number of fused-ring (bicyclic) bond motifs is 3. The number of carbonyl (C=O) groups is 5. The molecule has 402 valence electrons. The number of carbonyl (C=O) groups excluding carboxylic acids is 5. The van der Waals surface area contributed by atoms with Gasteiger partial charge in [-0.3, -0.25) is 33.3 Å². The first-order chi connectivity index (χ1) is 36.9. The molecule has 0 saturated heterocycles. The molecule has 22 heteroatoms. The number of hydrogen-bond donors (Lipinski definition) is 3. The van der Waals surface area contributed by atoms with Gasteiger partial charge in [-0.05, 0) is 140 Å². The van der Waals surface area contributed by atoms with Crippen LogP contribution < -0.4 is 16.0 Å². The molecule has 77 heavy (non-hydrogen) atoms. The second kappa shape index (κ2) is 27.4. The molecule has 3 aromatic carbocycles. The Bertz CT molecular complexity index is 3190. The van der Waals surface area contributed by atoms with Crippen LogP contribution in [0.3, 0.4) is 0 Å². The van der Waals surface area contributed by atoms with E-state index in [2.05, 4.69) is 97.5 Å². The van der Waals surface area contributed by atoms with Gasteiger partial charge in [0.1, 0.15) is 28.2 Å². The van der Waals surface area contributed by atoms with E-state index < -0.39 is 18.2 Å². The van der Waals surface area contributed by atoms with E-state index in [4.69, 9.17) is 32.7 Å². The van der Waals surface area contributed by atoms with Gasteiger partial charge in [0.05, 0.1) is 24.2 Å². The van der Waals surface area contributed by atoms with Crippen LogP contribution in [0.1, 0.15) is 109 Å². The normalized spacial score (nSPS) is 14.3. The lowest BCUT2D eigenvalue weighted by atomic mass is 10.0. The fraction of sp³-hybridized carbons (Fsp3) is 0.327. The zero-order valence-electron chi connectivity index (χ0n) is 43.0. The molecule has 0 saturated carbocycles. The first-order valence-electron chi connectivity index (χ1n) is 24.9. The summed E-state index contributed by atoms with van der Waals surface area (Å²) in [4.78, 5) is 66.8. The van der Waals surface area contributed by atoms with Gasteiger partial charge in [-0.1, -0.05) is 85.5 Å². The number of aryl methyl sites for hydroxylation is 6. The molecule has 0 bridgehead atoms. The largest absolute Gasteiger partial charge is 0.457 e. The van der Waals surface area contributed by atoms with Gasteiger partial charge < -0.3 is 25.4 Å². The SMILES string of the molecule is C[C@@H](OC(=O)Cc1c(-c2ccc3c(c2)CCCC(=O)N3)nnn1C)c1cccnc1Cl.C[C@@H](OC(=O)Cc1c(Br)nnn1C)c1cccnc1Cl.Cc1ccc2c(c1)CCCC(=O)N2.O=C1CCCc2cc(Br)ccc2N1. The zero-order chi connectivity index (χ0) is 55.2. The first kappa shape index (κ1) is 57.8. The smallest absolute Gasteiger partial charge is 0.312 e. The number of ether oxygens (including phenoxy) is 2. The second-order valence-electron chi connectivity index (χ2n) is 18.4. The maximum absolute atomic E-state index is 12.7. The number of halogens is 4. The molecule has 0 unspecified atom stereocenters. The molecule has 18 nitrogen and oxygen atoms in total. The number of benzene rings is 3. The molecule has 3 aliphatic heterocycles. The van der Waals surface area contributed by atoms with E-state index in [1.807, 2.05) is 42.5 Å². The van der Waals surface area contributed by atoms with Crippen LogP contribution in [0.5, 0.6) is 0 Å². The number of amides is 3. The Morgan fingerprint density at radius 1 is 0.610 bits per heavy atom. The highest BCUT2D eigenvalue weighted by molar-refractivity contribution is 9.10. The minimum Gasteiger partial charge on any atom is -0.457 e. The molecule has 7 aromatic rings. The van der Waals surface area contributed by atoms with Crippen molar-refractivity contribution in [2.24, 2.45) is 14.1 Å². The lowest BCUT2D eigenvalue weighted by Gasteiger charge is -2.15. The van der Waals surface area contributed by atoms with E-state index >= 15 is 0 Å². The monoisotopic (exact) mass is 1210 g/mol. The van der Waals surface area contributed by atoms with E-state index in [0.717, 1.165) is 71.2 Å². The van der Waals surface area contributed by atoms with Crippen LogP contribution in [-0.2, 0) is 79.6 Å². The molecular weight excluding hydrogens is 1160 g/mol. The van der Waals surface area contributed by atoms with Crippen molar-refractivity contribution in [1.82, 2.24) is 40.0 Å². The molecule has 4 aromatic heterocycles. The summed E-state index contributed by atoms with van der Waals surface area (Å²) in [7, 11) is 3.45. The van der Waals surface area contributed by atoms with Crippen molar-refractivity contribution < 1.29 is 33.4 Å². The molecule has 10 rings (SSSR count). The lowest BCUT2D eigenvalue weighted by Crippen LogP contribution is -2.14. The number of nitrogens with one attached hydrogen (secondary N) is 3. The van der Waals surface area contributed by atoms with Crippen LogP contribution in [0.4, 0.5) is 17.1 Å². The van der Waals surface area contributed by atoms with E-state index in [9.17, 15) is 24.0 Å². The van der Waals surface area contributed by atoms with Crippen molar-refractivity contribution in [1.29, 1.82) is 0 Å². The summed E-state index contributed by atoms with van der Waals surface area (Å²) >= 11 is 18.7. The zero-order valence-corrected chi connectivity index (χ0v) is 47.7. The van der Waals surface area contributed by atoms with Gasteiger partial charge in [0.25, 0.3) is 0 Å². The summed E-state index contributed by atoms with van der Waals surface area (Å²) in [6.45, 7) is 5.58. The summed E-state index contributed by atoms with van der Waals surface area (Å²) in [6, 6.07) is 24.9. The number of rotatable bonds is 9. The second-order valence-corrected chi connectivity index (χ2v) is 20.8. The van der Waals surface area contributed by atoms with Crippen molar-refractivity contribution in [2.45, 2.75) is 104 Å². The van der Waals surface area contributed by atoms with Gasteiger partial charge >= 0.3 is 11.9 Å². The van der Waals surface area contributed by atoms with Crippen molar-refractivity contribution in [2.75, 3.05) is 16.0 Å². The topological polar surface area (TPSA) is 227 Å².